The van der Waals surface area contributed by atoms with Crippen molar-refractivity contribution in [1.82, 2.24) is 9.80 Å². The number of carbonyl (C=O) groups is 2. The summed E-state index contributed by atoms with van der Waals surface area (Å²) in [5, 5.41) is 11.4. The first kappa shape index (κ1) is 26.5. The van der Waals surface area contributed by atoms with Gasteiger partial charge in [-0.1, -0.05) is 6.92 Å². The van der Waals surface area contributed by atoms with E-state index in [0.717, 1.165) is 19.5 Å². The minimum absolute atomic E-state index is 0.0256. The van der Waals surface area contributed by atoms with Crippen LogP contribution in [0.4, 0.5) is 0 Å². The van der Waals surface area contributed by atoms with Crippen LogP contribution in [-0.2, 0) is 14.3 Å². The van der Waals surface area contributed by atoms with Gasteiger partial charge in [0, 0.05) is 43.4 Å². The molecule has 2 aliphatic rings. The molecule has 2 fully saturated rings. The molecular formula is C28H34N2O7. The first-order chi connectivity index (χ1) is 18.0. The zero-order valence-corrected chi connectivity index (χ0v) is 21.6. The summed E-state index contributed by atoms with van der Waals surface area (Å²) >= 11 is 0. The number of benzene rings is 2. The number of rotatable bonds is 10. The predicted molar refractivity (Wildman–Crippen MR) is 138 cm³/mol. The Labute approximate surface area is 217 Å². The largest absolute Gasteiger partial charge is 0.507 e. The van der Waals surface area contributed by atoms with Crippen molar-refractivity contribution < 1.29 is 33.6 Å². The van der Waals surface area contributed by atoms with Crippen LogP contribution >= 0.6 is 0 Å². The summed E-state index contributed by atoms with van der Waals surface area (Å²) in [5.74, 6) is 0.0782. The molecule has 1 N–H and O–H groups in total. The number of ketones is 1. The third kappa shape index (κ3) is 5.73. The maximum Gasteiger partial charge on any atom is 0.295 e. The van der Waals surface area contributed by atoms with Crippen LogP contribution < -0.4 is 14.2 Å². The molecule has 2 aromatic rings. The zero-order chi connectivity index (χ0) is 26.4. The molecule has 0 aliphatic carbocycles. The van der Waals surface area contributed by atoms with Crippen molar-refractivity contribution in [3.8, 4) is 17.2 Å². The van der Waals surface area contributed by atoms with Gasteiger partial charge in [-0.3, -0.25) is 14.5 Å². The lowest BCUT2D eigenvalue weighted by Crippen LogP contribution is -2.42. The van der Waals surface area contributed by atoms with Crippen molar-refractivity contribution in [2.75, 3.05) is 60.2 Å². The fourth-order valence-corrected chi connectivity index (χ4v) is 4.64. The average molecular weight is 511 g/mol. The molecule has 2 aliphatic heterocycles. The zero-order valence-electron chi connectivity index (χ0n) is 21.6. The average Bonchev–Trinajstić information content (AvgIpc) is 3.19. The lowest BCUT2D eigenvalue weighted by molar-refractivity contribution is -0.140. The Morgan fingerprint density at radius 2 is 1.70 bits per heavy atom. The molecule has 1 atom stereocenters. The Kier molecular flexibility index (Phi) is 8.68. The summed E-state index contributed by atoms with van der Waals surface area (Å²) in [7, 11) is 3.07. The smallest absolute Gasteiger partial charge is 0.295 e. The van der Waals surface area contributed by atoms with E-state index in [0.29, 0.717) is 61.3 Å². The summed E-state index contributed by atoms with van der Waals surface area (Å²) in [6, 6.07) is 11.2. The van der Waals surface area contributed by atoms with Crippen molar-refractivity contribution in [2.45, 2.75) is 19.4 Å². The first-order valence-corrected chi connectivity index (χ1v) is 12.5. The van der Waals surface area contributed by atoms with E-state index in [1.54, 1.807) is 49.6 Å². The molecule has 1 unspecified atom stereocenters. The minimum Gasteiger partial charge on any atom is -0.507 e. The Bertz CT molecular complexity index is 1140. The number of aliphatic hydroxyl groups is 1. The van der Waals surface area contributed by atoms with Crippen molar-refractivity contribution >= 4 is 17.4 Å². The van der Waals surface area contributed by atoms with E-state index in [1.165, 1.54) is 12.0 Å². The van der Waals surface area contributed by atoms with Crippen molar-refractivity contribution in [2.24, 2.45) is 0 Å². The van der Waals surface area contributed by atoms with Crippen LogP contribution in [-0.4, -0.2) is 86.8 Å². The molecule has 9 nitrogen and oxygen atoms in total. The molecule has 198 valence electrons. The normalized spacial score (nSPS) is 19.8. The molecule has 2 saturated heterocycles. The van der Waals surface area contributed by atoms with Gasteiger partial charge in [0.2, 0.25) is 0 Å². The molecule has 2 aromatic carbocycles. The quantitative estimate of drug-likeness (QED) is 0.296. The number of aliphatic hydroxyl groups excluding tert-OH is 1. The fraction of sp³-hybridized carbons (Fsp3) is 0.429. The van der Waals surface area contributed by atoms with Gasteiger partial charge in [0.25, 0.3) is 11.7 Å². The van der Waals surface area contributed by atoms with Gasteiger partial charge in [0.1, 0.15) is 23.0 Å². The lowest BCUT2D eigenvalue weighted by atomic mass is 9.94. The maximum absolute atomic E-state index is 13.4. The van der Waals surface area contributed by atoms with Crippen molar-refractivity contribution in [1.29, 1.82) is 0 Å². The maximum atomic E-state index is 13.4. The van der Waals surface area contributed by atoms with Crippen LogP contribution in [0.25, 0.3) is 5.76 Å². The summed E-state index contributed by atoms with van der Waals surface area (Å²) < 4.78 is 22.0. The van der Waals surface area contributed by atoms with E-state index < -0.39 is 17.7 Å². The Morgan fingerprint density at radius 3 is 2.35 bits per heavy atom. The second-order valence-electron chi connectivity index (χ2n) is 8.93. The fourth-order valence-electron chi connectivity index (χ4n) is 4.64. The van der Waals surface area contributed by atoms with Crippen LogP contribution in [0.15, 0.2) is 48.0 Å². The van der Waals surface area contributed by atoms with E-state index in [1.807, 2.05) is 6.92 Å². The number of methoxy groups -OCH3 is 2. The third-order valence-electron chi connectivity index (χ3n) is 6.64. The van der Waals surface area contributed by atoms with Crippen LogP contribution in [0.5, 0.6) is 17.2 Å². The highest BCUT2D eigenvalue weighted by Crippen LogP contribution is 2.43. The number of ether oxygens (including phenoxy) is 4. The van der Waals surface area contributed by atoms with E-state index in [4.69, 9.17) is 18.9 Å². The molecule has 0 saturated carbocycles. The molecule has 2 heterocycles. The van der Waals surface area contributed by atoms with Crippen LogP contribution in [0, 0.1) is 0 Å². The second-order valence-corrected chi connectivity index (χ2v) is 8.93. The van der Waals surface area contributed by atoms with E-state index >= 15 is 0 Å². The summed E-state index contributed by atoms with van der Waals surface area (Å²) in [4.78, 5) is 30.4. The van der Waals surface area contributed by atoms with Gasteiger partial charge in [-0.05, 0) is 42.8 Å². The first-order valence-electron chi connectivity index (χ1n) is 12.5. The molecule has 1 amide bonds. The van der Waals surface area contributed by atoms with Gasteiger partial charge < -0.3 is 29.0 Å². The Balaban J connectivity index is 1.75. The lowest BCUT2D eigenvalue weighted by Gasteiger charge is -2.31. The predicted octanol–water partition coefficient (Wildman–Crippen LogP) is 3.25. The van der Waals surface area contributed by atoms with Gasteiger partial charge in [-0.15, -0.1) is 0 Å². The SMILES string of the molecule is CCCOc1ccc(/C(O)=C2\C(=O)C(=O)N(CCN3CCOCC3)C2c2ccc(OC)cc2OC)cc1. The Morgan fingerprint density at radius 1 is 1.00 bits per heavy atom. The van der Waals surface area contributed by atoms with Gasteiger partial charge in [-0.2, -0.15) is 0 Å². The van der Waals surface area contributed by atoms with Gasteiger partial charge in [0.05, 0.1) is 45.7 Å². The van der Waals surface area contributed by atoms with Gasteiger partial charge in [-0.25, -0.2) is 0 Å². The van der Waals surface area contributed by atoms with E-state index in [9.17, 15) is 14.7 Å². The van der Waals surface area contributed by atoms with Crippen molar-refractivity contribution in [3.05, 3.63) is 59.2 Å². The standard InChI is InChI=1S/C28H34N2O7/c1-4-15-37-20-7-5-19(6-8-20)26(31)24-25(22-10-9-21(34-2)18-23(22)35-3)30(28(33)27(24)32)12-11-29-13-16-36-17-14-29/h5-10,18,25,31H,4,11-17H2,1-3H3/b26-24+. The molecule has 0 radical (unpaired) electrons. The highest BCUT2D eigenvalue weighted by molar-refractivity contribution is 6.46. The summed E-state index contributed by atoms with van der Waals surface area (Å²) in [6.45, 7) is 6.27. The van der Waals surface area contributed by atoms with Crippen LogP contribution in [0.2, 0.25) is 0 Å². The number of amides is 1. The molecule has 0 bridgehead atoms. The molecule has 0 spiro atoms. The van der Waals surface area contributed by atoms with Gasteiger partial charge in [0.15, 0.2) is 0 Å². The Hall–Kier alpha value is -3.56. The molecule has 4 rings (SSSR count). The van der Waals surface area contributed by atoms with E-state index in [-0.39, 0.29) is 11.3 Å². The number of morpholine rings is 1. The number of Topliss-reactive ketones (excluding diaryl/α,β-unsaturated/α-hetero) is 1. The summed E-state index contributed by atoms with van der Waals surface area (Å²) in [5.41, 5.74) is 1.04. The topological polar surface area (TPSA) is 97.8 Å². The number of hydrogen-bond donors (Lipinski definition) is 1. The molecule has 37 heavy (non-hydrogen) atoms. The number of nitrogens with zero attached hydrogens (tertiary/aromatic N) is 2. The number of hydrogen-bond acceptors (Lipinski definition) is 8. The van der Waals surface area contributed by atoms with Crippen LogP contribution in [0.1, 0.15) is 30.5 Å². The van der Waals surface area contributed by atoms with Crippen molar-refractivity contribution in [3.63, 3.8) is 0 Å². The van der Waals surface area contributed by atoms with Crippen LogP contribution in [0.3, 0.4) is 0 Å². The highest BCUT2D eigenvalue weighted by atomic mass is 16.5. The molecular weight excluding hydrogens is 476 g/mol. The highest BCUT2D eigenvalue weighted by Gasteiger charge is 2.47. The second kappa shape index (κ2) is 12.1. The number of carbonyl (C=O) groups excluding carboxylic acids is 2. The monoisotopic (exact) mass is 510 g/mol. The summed E-state index contributed by atoms with van der Waals surface area (Å²) in [6.07, 6.45) is 0.874. The minimum atomic E-state index is -0.821. The van der Waals surface area contributed by atoms with E-state index in [2.05, 4.69) is 4.90 Å². The third-order valence-corrected chi connectivity index (χ3v) is 6.64. The molecule has 0 aromatic heterocycles. The number of likely N-dealkylation sites (tertiary alicyclic amines) is 1. The molecule has 9 heteroatoms. The van der Waals surface area contributed by atoms with Gasteiger partial charge >= 0.3 is 0 Å².